The van der Waals surface area contributed by atoms with Crippen molar-refractivity contribution >= 4 is 33.4 Å². The van der Waals surface area contributed by atoms with Crippen LogP contribution in [0.2, 0.25) is 0 Å². The predicted octanol–water partition coefficient (Wildman–Crippen LogP) is 3.65. The Hall–Kier alpha value is -2.98. The molecule has 1 N–H and O–H groups in total. The number of furan rings is 1. The van der Waals surface area contributed by atoms with Crippen LogP contribution in [0.4, 0.5) is 0 Å². The van der Waals surface area contributed by atoms with Gasteiger partial charge in [0.2, 0.25) is 0 Å². The van der Waals surface area contributed by atoms with Crippen LogP contribution in [0, 0.1) is 18.3 Å². The number of hydrogen-bond donors (Lipinski definition) is 1. The number of ketones is 1. The molecule has 27 heavy (non-hydrogen) atoms. The molecule has 3 aromatic heterocycles. The van der Waals surface area contributed by atoms with Gasteiger partial charge in [0, 0.05) is 4.88 Å². The summed E-state index contributed by atoms with van der Waals surface area (Å²) in [6.07, 6.45) is 6.82. The molecule has 0 aliphatic heterocycles. The van der Waals surface area contributed by atoms with Crippen molar-refractivity contribution in [3.05, 3.63) is 56.3 Å². The molecule has 0 bridgehead atoms. The van der Waals surface area contributed by atoms with Crippen LogP contribution in [0.15, 0.2) is 27.4 Å². The molecular weight excluding hydrogens is 362 g/mol. The molecule has 3 aromatic rings. The number of aromatic nitrogens is 2. The van der Waals surface area contributed by atoms with Crippen molar-refractivity contribution in [2.75, 3.05) is 0 Å². The van der Waals surface area contributed by atoms with E-state index < -0.39 is 11.7 Å². The van der Waals surface area contributed by atoms with Crippen LogP contribution in [0.5, 0.6) is 0 Å². The number of hydrogen-bond acceptors (Lipinski definition) is 6. The minimum absolute atomic E-state index is 0.0962. The van der Waals surface area contributed by atoms with E-state index in [2.05, 4.69) is 9.97 Å². The van der Waals surface area contributed by atoms with Crippen molar-refractivity contribution in [3.8, 4) is 6.07 Å². The molecule has 1 aliphatic carbocycles. The number of nitrogens with one attached hydrogen (secondary N) is 1. The number of H-pyrrole nitrogens is 1. The van der Waals surface area contributed by atoms with E-state index in [1.54, 1.807) is 12.1 Å². The third kappa shape index (κ3) is 3.24. The van der Waals surface area contributed by atoms with Gasteiger partial charge in [-0.2, -0.15) is 5.26 Å². The Bertz CT molecular complexity index is 1160. The molecule has 3 heterocycles. The lowest BCUT2D eigenvalue weighted by molar-refractivity contribution is -0.114. The van der Waals surface area contributed by atoms with Gasteiger partial charge < -0.3 is 9.40 Å². The number of aryl methyl sites for hydroxylation is 3. The lowest BCUT2D eigenvalue weighted by Gasteiger charge is -2.09. The molecule has 0 fully saturated rings. The number of nitrogens with zero attached hydrogens (tertiary/aromatic N) is 2. The maximum atomic E-state index is 12.6. The molecule has 136 valence electrons. The van der Waals surface area contributed by atoms with E-state index >= 15 is 0 Å². The van der Waals surface area contributed by atoms with Crippen LogP contribution < -0.4 is 5.56 Å². The van der Waals surface area contributed by atoms with Crippen LogP contribution in [0.1, 0.15) is 46.5 Å². The fourth-order valence-electron chi connectivity index (χ4n) is 3.38. The van der Waals surface area contributed by atoms with Gasteiger partial charge in [-0.1, -0.05) is 0 Å². The standard InChI is InChI=1S/C20H17N3O3S/c1-11-6-7-12(26-11)8-9-15(24)14(10-21)18-22-19(25)17-13-4-2-3-5-16(13)27-20(17)23-18/h6-9,14H,2-5H2,1H3,(H,22,23,25)/b9-8+. The van der Waals surface area contributed by atoms with Crippen LogP contribution >= 0.6 is 11.3 Å². The van der Waals surface area contributed by atoms with E-state index in [-0.39, 0.29) is 11.4 Å². The third-order valence-electron chi connectivity index (χ3n) is 4.70. The summed E-state index contributed by atoms with van der Waals surface area (Å²) in [4.78, 5) is 34.0. The Morgan fingerprint density at radius 2 is 2.22 bits per heavy atom. The largest absolute Gasteiger partial charge is 0.462 e. The quantitative estimate of drug-likeness (QED) is 0.698. The average molecular weight is 379 g/mol. The summed E-state index contributed by atoms with van der Waals surface area (Å²) in [5.41, 5.74) is 0.808. The Labute approximate surface area is 159 Å². The maximum Gasteiger partial charge on any atom is 0.259 e. The lowest BCUT2D eigenvalue weighted by atomic mass is 9.97. The Morgan fingerprint density at radius 1 is 1.41 bits per heavy atom. The molecule has 0 spiro atoms. The fraction of sp³-hybridized carbons (Fsp3) is 0.300. The average Bonchev–Trinajstić information content (AvgIpc) is 3.23. The molecule has 1 atom stereocenters. The van der Waals surface area contributed by atoms with Crippen molar-refractivity contribution in [2.24, 2.45) is 0 Å². The Balaban J connectivity index is 1.69. The third-order valence-corrected chi connectivity index (χ3v) is 5.89. The minimum atomic E-state index is -1.16. The molecule has 7 heteroatoms. The van der Waals surface area contributed by atoms with Gasteiger partial charge in [-0.15, -0.1) is 11.3 Å². The summed E-state index contributed by atoms with van der Waals surface area (Å²) < 4.78 is 5.38. The molecule has 1 unspecified atom stereocenters. The number of rotatable bonds is 4. The highest BCUT2D eigenvalue weighted by Gasteiger charge is 2.25. The second-order valence-electron chi connectivity index (χ2n) is 6.59. The molecule has 4 rings (SSSR count). The number of carbonyl (C=O) groups is 1. The molecule has 0 amide bonds. The van der Waals surface area contributed by atoms with Gasteiger partial charge in [0.1, 0.15) is 22.2 Å². The van der Waals surface area contributed by atoms with Gasteiger partial charge in [0.05, 0.1) is 11.5 Å². The summed E-state index contributed by atoms with van der Waals surface area (Å²) in [5, 5.41) is 10.1. The highest BCUT2D eigenvalue weighted by Crippen LogP contribution is 2.34. The zero-order valence-electron chi connectivity index (χ0n) is 14.7. The minimum Gasteiger partial charge on any atom is -0.462 e. The molecule has 0 saturated heterocycles. The maximum absolute atomic E-state index is 12.6. The first-order valence-corrected chi connectivity index (χ1v) is 9.61. The Kier molecular flexibility index (Phi) is 4.50. The smallest absolute Gasteiger partial charge is 0.259 e. The number of nitriles is 1. The summed E-state index contributed by atoms with van der Waals surface area (Å²) in [5.74, 6) is -0.250. The van der Waals surface area contributed by atoms with E-state index in [1.807, 2.05) is 13.0 Å². The summed E-state index contributed by atoms with van der Waals surface area (Å²) in [7, 11) is 0. The number of fused-ring (bicyclic) bond motifs is 3. The molecule has 0 saturated carbocycles. The van der Waals surface area contributed by atoms with E-state index in [0.29, 0.717) is 16.0 Å². The highest BCUT2D eigenvalue weighted by molar-refractivity contribution is 7.18. The number of aromatic amines is 1. The number of thiophene rings is 1. The normalized spacial score (nSPS) is 15.0. The number of allylic oxidation sites excluding steroid dienone is 1. The van der Waals surface area contributed by atoms with Gasteiger partial charge in [0.25, 0.3) is 5.56 Å². The molecule has 6 nitrogen and oxygen atoms in total. The summed E-state index contributed by atoms with van der Waals surface area (Å²) in [6, 6.07) is 5.48. The van der Waals surface area contributed by atoms with Crippen LogP contribution in [-0.4, -0.2) is 15.8 Å². The second kappa shape index (κ2) is 6.97. The predicted molar refractivity (Wildman–Crippen MR) is 103 cm³/mol. The van der Waals surface area contributed by atoms with Gasteiger partial charge in [-0.25, -0.2) is 4.98 Å². The first-order valence-electron chi connectivity index (χ1n) is 8.79. The van der Waals surface area contributed by atoms with E-state index in [4.69, 9.17) is 4.42 Å². The monoisotopic (exact) mass is 379 g/mol. The summed E-state index contributed by atoms with van der Waals surface area (Å²) in [6.45, 7) is 1.81. The van der Waals surface area contributed by atoms with Crippen molar-refractivity contribution in [3.63, 3.8) is 0 Å². The van der Waals surface area contributed by atoms with Crippen molar-refractivity contribution in [1.29, 1.82) is 5.26 Å². The zero-order chi connectivity index (χ0) is 19.0. The topological polar surface area (TPSA) is 99.7 Å². The van der Waals surface area contributed by atoms with Crippen molar-refractivity contribution in [2.45, 2.75) is 38.5 Å². The van der Waals surface area contributed by atoms with E-state index in [1.165, 1.54) is 28.4 Å². The number of carbonyl (C=O) groups excluding carboxylic acids is 1. The molecule has 0 aromatic carbocycles. The SMILES string of the molecule is Cc1ccc(/C=C/C(=O)C(C#N)c2nc3sc4c(c3c(=O)[nH]2)CCCC4)o1. The van der Waals surface area contributed by atoms with Gasteiger partial charge in [-0.3, -0.25) is 9.59 Å². The lowest BCUT2D eigenvalue weighted by Crippen LogP contribution is -2.18. The van der Waals surface area contributed by atoms with Gasteiger partial charge >= 0.3 is 0 Å². The van der Waals surface area contributed by atoms with Crippen LogP contribution in [-0.2, 0) is 17.6 Å². The Morgan fingerprint density at radius 3 is 2.96 bits per heavy atom. The fourth-order valence-corrected chi connectivity index (χ4v) is 4.65. The highest BCUT2D eigenvalue weighted by atomic mass is 32.1. The summed E-state index contributed by atoms with van der Waals surface area (Å²) >= 11 is 1.50. The first-order chi connectivity index (χ1) is 13.1. The first kappa shape index (κ1) is 17.4. The van der Waals surface area contributed by atoms with Crippen molar-refractivity contribution < 1.29 is 9.21 Å². The van der Waals surface area contributed by atoms with E-state index in [0.717, 1.165) is 37.0 Å². The van der Waals surface area contributed by atoms with Crippen molar-refractivity contribution in [1.82, 2.24) is 9.97 Å². The molecule has 1 aliphatic rings. The zero-order valence-corrected chi connectivity index (χ0v) is 15.6. The van der Waals surface area contributed by atoms with Crippen LogP contribution in [0.25, 0.3) is 16.3 Å². The van der Waals surface area contributed by atoms with Gasteiger partial charge in [-0.05, 0) is 62.5 Å². The second-order valence-corrected chi connectivity index (χ2v) is 7.67. The molecular formula is C20H17N3O3S. The van der Waals surface area contributed by atoms with E-state index in [9.17, 15) is 14.9 Å². The van der Waals surface area contributed by atoms with Gasteiger partial charge in [0.15, 0.2) is 11.7 Å². The molecule has 0 radical (unpaired) electrons. The van der Waals surface area contributed by atoms with Crippen LogP contribution in [0.3, 0.4) is 0 Å².